The van der Waals surface area contributed by atoms with E-state index in [-0.39, 0.29) is 30.2 Å². The predicted molar refractivity (Wildman–Crippen MR) is 117 cm³/mol. The molecule has 2 atom stereocenters. The van der Waals surface area contributed by atoms with Crippen molar-refractivity contribution in [2.24, 2.45) is 5.92 Å². The van der Waals surface area contributed by atoms with Crippen LogP contribution in [-0.2, 0) is 9.59 Å². The Hall–Kier alpha value is -2.38. The highest BCUT2D eigenvalue weighted by molar-refractivity contribution is 9.10. The Balaban J connectivity index is 1.65. The summed E-state index contributed by atoms with van der Waals surface area (Å²) in [6.07, 6.45) is 0.225. The molecule has 154 valence electrons. The molecule has 2 unspecified atom stereocenters. The van der Waals surface area contributed by atoms with Gasteiger partial charge >= 0.3 is 0 Å². The van der Waals surface area contributed by atoms with E-state index in [4.69, 9.17) is 4.74 Å². The van der Waals surface area contributed by atoms with Crippen LogP contribution in [0.25, 0.3) is 0 Å². The van der Waals surface area contributed by atoms with Crippen molar-refractivity contribution in [2.75, 3.05) is 39.2 Å². The number of hydrogen-bond donors (Lipinski definition) is 1. The van der Waals surface area contributed by atoms with Gasteiger partial charge in [0.2, 0.25) is 11.8 Å². The SMILES string of the molecule is COc1ccccc1C(CNC(=O)C1CC(=O)N(c2ccc(Br)cc2)C1)N(C)C. The third-order valence-electron chi connectivity index (χ3n) is 5.23. The Kier molecular flexibility index (Phi) is 6.92. The molecular formula is C22H26BrN3O3. The number of carbonyl (C=O) groups excluding carboxylic acids is 2. The van der Waals surface area contributed by atoms with Crippen LogP contribution in [0.5, 0.6) is 5.75 Å². The maximum atomic E-state index is 12.8. The second kappa shape index (κ2) is 9.41. The number of halogens is 1. The molecule has 2 amide bonds. The first-order valence-electron chi connectivity index (χ1n) is 9.53. The van der Waals surface area contributed by atoms with Crippen LogP contribution in [0.2, 0.25) is 0 Å². The fourth-order valence-corrected chi connectivity index (χ4v) is 3.87. The average Bonchev–Trinajstić information content (AvgIpc) is 3.10. The first kappa shape index (κ1) is 21.3. The highest BCUT2D eigenvalue weighted by atomic mass is 79.9. The Morgan fingerprint density at radius 2 is 1.93 bits per heavy atom. The number of hydrogen-bond acceptors (Lipinski definition) is 4. The lowest BCUT2D eigenvalue weighted by atomic mass is 10.0. The molecule has 0 spiro atoms. The van der Waals surface area contributed by atoms with Crippen molar-refractivity contribution in [3.63, 3.8) is 0 Å². The summed E-state index contributed by atoms with van der Waals surface area (Å²) in [4.78, 5) is 29.0. The standard InChI is InChI=1S/C22H26BrN3O3/c1-25(2)19(18-6-4-5-7-20(18)29-3)13-24-22(28)15-12-21(27)26(14-15)17-10-8-16(23)9-11-17/h4-11,15,19H,12-14H2,1-3H3,(H,24,28). The van der Waals surface area contributed by atoms with Crippen LogP contribution in [0.3, 0.4) is 0 Å². The first-order chi connectivity index (χ1) is 13.9. The van der Waals surface area contributed by atoms with Crippen LogP contribution < -0.4 is 15.0 Å². The Bertz CT molecular complexity index is 870. The highest BCUT2D eigenvalue weighted by Crippen LogP contribution is 2.29. The van der Waals surface area contributed by atoms with Crippen molar-refractivity contribution in [2.45, 2.75) is 12.5 Å². The Labute approximate surface area is 180 Å². The van der Waals surface area contributed by atoms with Gasteiger partial charge in [-0.25, -0.2) is 0 Å². The molecule has 2 aromatic rings. The number of nitrogens with zero attached hydrogens (tertiary/aromatic N) is 2. The van der Waals surface area contributed by atoms with Gasteiger partial charge in [-0.2, -0.15) is 0 Å². The second-order valence-electron chi connectivity index (χ2n) is 7.35. The molecule has 1 N–H and O–H groups in total. The maximum Gasteiger partial charge on any atom is 0.227 e. The lowest BCUT2D eigenvalue weighted by Gasteiger charge is -2.27. The zero-order valence-corrected chi connectivity index (χ0v) is 18.5. The van der Waals surface area contributed by atoms with Gasteiger partial charge in [0.1, 0.15) is 5.75 Å². The van der Waals surface area contributed by atoms with E-state index in [0.29, 0.717) is 13.1 Å². The Morgan fingerprint density at radius 1 is 1.24 bits per heavy atom. The molecule has 2 aromatic carbocycles. The van der Waals surface area contributed by atoms with Crippen LogP contribution in [-0.4, -0.2) is 51.0 Å². The molecule has 1 aliphatic rings. The third kappa shape index (κ3) is 4.97. The maximum absolute atomic E-state index is 12.8. The second-order valence-corrected chi connectivity index (χ2v) is 8.26. The number of nitrogens with one attached hydrogen (secondary N) is 1. The minimum absolute atomic E-state index is 0.0265. The van der Waals surface area contributed by atoms with E-state index in [0.717, 1.165) is 21.5 Å². The number of methoxy groups -OCH3 is 1. The van der Waals surface area contributed by atoms with Gasteiger partial charge in [0.25, 0.3) is 0 Å². The summed E-state index contributed by atoms with van der Waals surface area (Å²) >= 11 is 3.40. The molecule has 1 fully saturated rings. The van der Waals surface area contributed by atoms with Crippen LogP contribution in [0.1, 0.15) is 18.0 Å². The van der Waals surface area contributed by atoms with Gasteiger partial charge in [-0.05, 0) is 44.4 Å². The predicted octanol–water partition coefficient (Wildman–Crippen LogP) is 3.23. The van der Waals surface area contributed by atoms with Crippen molar-refractivity contribution in [1.82, 2.24) is 10.2 Å². The molecule has 1 aliphatic heterocycles. The number of likely N-dealkylation sites (N-methyl/N-ethyl adjacent to an activating group) is 1. The first-order valence-corrected chi connectivity index (χ1v) is 10.3. The largest absolute Gasteiger partial charge is 0.496 e. The summed E-state index contributed by atoms with van der Waals surface area (Å²) in [5.41, 5.74) is 1.83. The van der Waals surface area contributed by atoms with Gasteiger partial charge in [-0.1, -0.05) is 34.1 Å². The number of carbonyl (C=O) groups is 2. The smallest absolute Gasteiger partial charge is 0.227 e. The fourth-order valence-electron chi connectivity index (χ4n) is 3.61. The molecule has 0 radical (unpaired) electrons. The summed E-state index contributed by atoms with van der Waals surface area (Å²) < 4.78 is 6.43. The quantitative estimate of drug-likeness (QED) is 0.690. The highest BCUT2D eigenvalue weighted by Gasteiger charge is 2.35. The Morgan fingerprint density at radius 3 is 2.59 bits per heavy atom. The molecule has 0 saturated carbocycles. The lowest BCUT2D eigenvalue weighted by molar-refractivity contribution is -0.126. The molecule has 29 heavy (non-hydrogen) atoms. The summed E-state index contributed by atoms with van der Waals surface area (Å²) in [5.74, 6) is 0.311. The van der Waals surface area contributed by atoms with E-state index < -0.39 is 0 Å². The molecule has 7 heteroatoms. The lowest BCUT2D eigenvalue weighted by Crippen LogP contribution is -2.38. The number of benzene rings is 2. The normalized spacial score (nSPS) is 17.5. The number of ether oxygens (including phenoxy) is 1. The third-order valence-corrected chi connectivity index (χ3v) is 5.75. The van der Waals surface area contributed by atoms with Gasteiger partial charge in [0.05, 0.1) is 19.1 Å². The van der Waals surface area contributed by atoms with E-state index in [1.54, 1.807) is 12.0 Å². The molecule has 0 bridgehead atoms. The zero-order valence-electron chi connectivity index (χ0n) is 16.9. The van der Waals surface area contributed by atoms with Crippen LogP contribution in [0, 0.1) is 5.92 Å². The van der Waals surface area contributed by atoms with Gasteiger partial charge < -0.3 is 19.9 Å². The van der Waals surface area contributed by atoms with Crippen LogP contribution in [0.4, 0.5) is 5.69 Å². The number of para-hydroxylation sites is 1. The van der Waals surface area contributed by atoms with Crippen molar-refractivity contribution < 1.29 is 14.3 Å². The summed E-state index contributed by atoms with van der Waals surface area (Å²) in [7, 11) is 5.58. The fraction of sp³-hybridized carbons (Fsp3) is 0.364. The minimum atomic E-state index is -0.355. The van der Waals surface area contributed by atoms with Crippen LogP contribution >= 0.6 is 15.9 Å². The number of rotatable bonds is 7. The zero-order chi connectivity index (χ0) is 21.0. The summed E-state index contributed by atoms with van der Waals surface area (Å²) in [5, 5.41) is 3.03. The van der Waals surface area contributed by atoms with E-state index in [2.05, 4.69) is 21.2 Å². The summed E-state index contributed by atoms with van der Waals surface area (Å²) in [6, 6.07) is 15.3. The molecule has 6 nitrogen and oxygen atoms in total. The topological polar surface area (TPSA) is 61.9 Å². The molecule has 0 aromatic heterocycles. The monoisotopic (exact) mass is 459 g/mol. The van der Waals surface area contributed by atoms with E-state index in [1.165, 1.54) is 0 Å². The number of anilines is 1. The average molecular weight is 460 g/mol. The van der Waals surface area contributed by atoms with Gasteiger partial charge in [-0.15, -0.1) is 0 Å². The van der Waals surface area contributed by atoms with Gasteiger partial charge in [-0.3, -0.25) is 9.59 Å². The van der Waals surface area contributed by atoms with Crippen molar-refractivity contribution in [3.05, 3.63) is 58.6 Å². The number of amides is 2. The van der Waals surface area contributed by atoms with E-state index in [9.17, 15) is 9.59 Å². The summed E-state index contributed by atoms with van der Waals surface area (Å²) in [6.45, 7) is 0.836. The molecule has 1 heterocycles. The van der Waals surface area contributed by atoms with E-state index >= 15 is 0 Å². The van der Waals surface area contributed by atoms with Crippen molar-refractivity contribution in [3.8, 4) is 5.75 Å². The van der Waals surface area contributed by atoms with E-state index in [1.807, 2.05) is 67.5 Å². The van der Waals surface area contributed by atoms with Gasteiger partial charge in [0, 0.05) is 35.2 Å². The minimum Gasteiger partial charge on any atom is -0.496 e. The molecular weight excluding hydrogens is 434 g/mol. The van der Waals surface area contributed by atoms with Crippen LogP contribution in [0.15, 0.2) is 53.0 Å². The molecule has 0 aliphatic carbocycles. The van der Waals surface area contributed by atoms with Crippen molar-refractivity contribution >= 4 is 33.4 Å². The molecule has 3 rings (SSSR count). The molecule has 1 saturated heterocycles. The van der Waals surface area contributed by atoms with Gasteiger partial charge in [0.15, 0.2) is 0 Å². The van der Waals surface area contributed by atoms with Crippen molar-refractivity contribution in [1.29, 1.82) is 0 Å².